The number of fused-ring (bicyclic) bond motifs is 1. The van der Waals surface area contributed by atoms with Crippen molar-refractivity contribution < 1.29 is 13.2 Å². The monoisotopic (exact) mass is 510 g/mol. The largest absolute Gasteiger partial charge is 0.379 e. The van der Waals surface area contributed by atoms with Crippen LogP contribution in [0, 0.1) is 6.92 Å². The number of imidazole rings is 1. The zero-order chi connectivity index (χ0) is 24.3. The van der Waals surface area contributed by atoms with Gasteiger partial charge < -0.3 is 4.74 Å². The lowest BCUT2D eigenvalue weighted by molar-refractivity contribution is 0.0363. The summed E-state index contributed by atoms with van der Waals surface area (Å²) in [6.45, 7) is 6.68. The van der Waals surface area contributed by atoms with Gasteiger partial charge in [-0.15, -0.1) is 11.3 Å². The fourth-order valence-corrected chi connectivity index (χ4v) is 6.64. The Balaban J connectivity index is 1.35. The van der Waals surface area contributed by atoms with Gasteiger partial charge in [0.2, 0.25) is 10.0 Å². The van der Waals surface area contributed by atoms with Gasteiger partial charge in [-0.05, 0) is 19.1 Å². The van der Waals surface area contributed by atoms with E-state index in [0.717, 1.165) is 35.0 Å². The molecular formula is C26H30N4O3S2. The molecule has 35 heavy (non-hydrogen) atoms. The van der Waals surface area contributed by atoms with E-state index in [9.17, 15) is 8.42 Å². The summed E-state index contributed by atoms with van der Waals surface area (Å²) in [5, 5.41) is 2.08. The van der Waals surface area contributed by atoms with Crippen LogP contribution in [0.1, 0.15) is 11.3 Å². The number of hydrogen-bond acceptors (Lipinski definition) is 6. The Kier molecular flexibility index (Phi) is 7.31. The Morgan fingerprint density at radius 1 is 1.03 bits per heavy atom. The minimum absolute atomic E-state index is 0.335. The molecule has 0 radical (unpaired) electrons. The van der Waals surface area contributed by atoms with Crippen LogP contribution in [0.15, 0.2) is 71.1 Å². The molecule has 0 bridgehead atoms. The molecule has 2 aromatic carbocycles. The molecule has 0 N–H and O–H groups in total. The van der Waals surface area contributed by atoms with Gasteiger partial charge in [-0.3, -0.25) is 9.30 Å². The van der Waals surface area contributed by atoms with E-state index in [2.05, 4.69) is 52.1 Å². The molecule has 7 nitrogen and oxygen atoms in total. The van der Waals surface area contributed by atoms with Crippen molar-refractivity contribution in [2.45, 2.75) is 18.2 Å². The van der Waals surface area contributed by atoms with Crippen molar-refractivity contribution in [1.29, 1.82) is 0 Å². The average molecular weight is 511 g/mol. The number of rotatable bonds is 9. The Bertz CT molecular complexity index is 1360. The molecule has 5 rings (SSSR count). The molecule has 0 atom stereocenters. The number of thiazole rings is 1. The number of benzene rings is 2. The van der Waals surface area contributed by atoms with E-state index in [0.29, 0.717) is 44.2 Å². The number of ether oxygens (including phenoxy) is 1. The first-order chi connectivity index (χ1) is 17.0. The van der Waals surface area contributed by atoms with Gasteiger partial charge >= 0.3 is 0 Å². The highest BCUT2D eigenvalue weighted by atomic mass is 32.2. The molecule has 2 aromatic heterocycles. The number of aryl methyl sites for hydroxylation is 1. The van der Waals surface area contributed by atoms with Gasteiger partial charge in [0.25, 0.3) is 0 Å². The van der Waals surface area contributed by atoms with Crippen LogP contribution in [-0.4, -0.2) is 72.9 Å². The summed E-state index contributed by atoms with van der Waals surface area (Å²) in [6.07, 6.45) is 2.66. The molecule has 3 heterocycles. The zero-order valence-corrected chi connectivity index (χ0v) is 21.5. The second kappa shape index (κ2) is 10.6. The van der Waals surface area contributed by atoms with Crippen LogP contribution in [0.5, 0.6) is 0 Å². The van der Waals surface area contributed by atoms with Crippen LogP contribution < -0.4 is 0 Å². The van der Waals surface area contributed by atoms with Crippen molar-refractivity contribution in [3.8, 4) is 11.3 Å². The summed E-state index contributed by atoms with van der Waals surface area (Å²) in [5.41, 5.74) is 4.29. The van der Waals surface area contributed by atoms with Crippen molar-refractivity contribution >= 4 is 26.3 Å². The average Bonchev–Trinajstić information content (AvgIpc) is 3.47. The van der Waals surface area contributed by atoms with Gasteiger partial charge in [0.15, 0.2) is 4.96 Å². The highest BCUT2D eigenvalue weighted by Crippen LogP contribution is 2.25. The van der Waals surface area contributed by atoms with Crippen molar-refractivity contribution in [3.63, 3.8) is 0 Å². The van der Waals surface area contributed by atoms with E-state index in [-0.39, 0.29) is 0 Å². The molecule has 0 amide bonds. The minimum Gasteiger partial charge on any atom is -0.379 e. The van der Waals surface area contributed by atoms with Gasteiger partial charge in [-0.2, -0.15) is 4.31 Å². The lowest BCUT2D eigenvalue weighted by atomic mass is 10.1. The Labute approximate surface area is 210 Å². The molecule has 0 aliphatic carbocycles. The number of morpholine rings is 1. The Morgan fingerprint density at radius 2 is 1.77 bits per heavy atom. The second-order valence-corrected chi connectivity index (χ2v) is 11.6. The van der Waals surface area contributed by atoms with Crippen LogP contribution in [0.2, 0.25) is 0 Å². The van der Waals surface area contributed by atoms with Crippen molar-refractivity contribution in [2.24, 2.45) is 0 Å². The van der Waals surface area contributed by atoms with Crippen LogP contribution in [0.4, 0.5) is 0 Å². The Hall–Kier alpha value is -2.56. The minimum atomic E-state index is -3.60. The molecule has 0 unspecified atom stereocenters. The molecule has 184 valence electrons. The van der Waals surface area contributed by atoms with Crippen LogP contribution in [0.25, 0.3) is 16.2 Å². The van der Waals surface area contributed by atoms with Gasteiger partial charge in [0.1, 0.15) is 0 Å². The highest BCUT2D eigenvalue weighted by molar-refractivity contribution is 7.89. The lowest BCUT2D eigenvalue weighted by Crippen LogP contribution is -2.43. The third-order valence-electron chi connectivity index (χ3n) is 6.40. The van der Waals surface area contributed by atoms with E-state index in [1.54, 1.807) is 39.9 Å². The molecular weight excluding hydrogens is 480 g/mol. The van der Waals surface area contributed by atoms with Crippen LogP contribution in [0.3, 0.4) is 0 Å². The summed E-state index contributed by atoms with van der Waals surface area (Å²) < 4.78 is 36.2. The third-order valence-corrected chi connectivity index (χ3v) is 9.20. The number of nitrogens with zero attached hydrogens (tertiary/aromatic N) is 4. The van der Waals surface area contributed by atoms with E-state index >= 15 is 0 Å². The summed E-state index contributed by atoms with van der Waals surface area (Å²) in [7, 11) is -3.60. The second-order valence-electron chi connectivity index (χ2n) is 8.79. The van der Waals surface area contributed by atoms with Gasteiger partial charge in [0, 0.05) is 62.0 Å². The Morgan fingerprint density at radius 3 is 2.51 bits per heavy atom. The first-order valence-electron chi connectivity index (χ1n) is 11.9. The number of aromatic nitrogens is 2. The zero-order valence-electron chi connectivity index (χ0n) is 19.8. The molecule has 1 aliphatic rings. The van der Waals surface area contributed by atoms with Crippen molar-refractivity contribution in [1.82, 2.24) is 18.6 Å². The predicted octanol–water partition coefficient (Wildman–Crippen LogP) is 3.94. The lowest BCUT2D eigenvalue weighted by Gasteiger charge is -2.29. The maximum Gasteiger partial charge on any atom is 0.243 e. The van der Waals surface area contributed by atoms with Crippen LogP contribution in [-0.2, 0) is 21.2 Å². The van der Waals surface area contributed by atoms with E-state index in [1.165, 1.54) is 5.56 Å². The van der Waals surface area contributed by atoms with Gasteiger partial charge in [-0.25, -0.2) is 13.4 Å². The molecule has 1 fully saturated rings. The maximum atomic E-state index is 13.5. The van der Waals surface area contributed by atoms with E-state index in [1.807, 2.05) is 6.07 Å². The number of sulfonamides is 1. The van der Waals surface area contributed by atoms with E-state index in [4.69, 9.17) is 9.72 Å². The summed E-state index contributed by atoms with van der Waals surface area (Å²) in [5.74, 6) is 0. The summed E-state index contributed by atoms with van der Waals surface area (Å²) in [4.78, 5) is 8.31. The van der Waals surface area contributed by atoms with Crippen molar-refractivity contribution in [3.05, 3.63) is 77.4 Å². The SMILES string of the molecule is Cc1ccc(-c2cn3c(CCN(CCN4CCOCC4)S(=O)(=O)c4ccccc4)csc3n2)cc1. The fourth-order valence-electron chi connectivity index (χ4n) is 4.28. The van der Waals surface area contributed by atoms with Crippen LogP contribution >= 0.6 is 11.3 Å². The topological polar surface area (TPSA) is 67.2 Å². The molecule has 1 saturated heterocycles. The van der Waals surface area contributed by atoms with E-state index < -0.39 is 10.0 Å². The standard InChI is InChI=1S/C26H30N4O3S2/c1-21-7-9-22(10-8-21)25-19-30-23(20-34-26(30)27-25)11-12-29(14-13-28-15-17-33-18-16-28)35(31,32)24-5-3-2-4-6-24/h2-10,19-20H,11-18H2,1H3. The first-order valence-corrected chi connectivity index (χ1v) is 14.2. The molecule has 0 spiro atoms. The van der Waals surface area contributed by atoms with Gasteiger partial charge in [0.05, 0.1) is 23.8 Å². The third kappa shape index (κ3) is 5.49. The predicted molar refractivity (Wildman–Crippen MR) is 139 cm³/mol. The number of hydrogen-bond donors (Lipinski definition) is 0. The summed E-state index contributed by atoms with van der Waals surface area (Å²) >= 11 is 1.59. The normalized spacial score (nSPS) is 15.3. The highest BCUT2D eigenvalue weighted by Gasteiger charge is 2.25. The molecule has 0 saturated carbocycles. The maximum absolute atomic E-state index is 13.5. The van der Waals surface area contributed by atoms with Gasteiger partial charge in [-0.1, -0.05) is 48.0 Å². The summed E-state index contributed by atoms with van der Waals surface area (Å²) in [6, 6.07) is 17.1. The molecule has 9 heteroatoms. The smallest absolute Gasteiger partial charge is 0.243 e. The molecule has 1 aliphatic heterocycles. The first kappa shape index (κ1) is 24.1. The molecule has 4 aromatic rings. The quantitative estimate of drug-likeness (QED) is 0.341. The van der Waals surface area contributed by atoms with Crippen molar-refractivity contribution in [2.75, 3.05) is 45.9 Å². The fraction of sp³-hybridized carbons (Fsp3) is 0.346.